The number of methoxy groups -OCH3 is 1. The molecule has 0 unspecified atom stereocenters. The fraction of sp³-hybridized carbons (Fsp3) is 0.440. The summed E-state index contributed by atoms with van der Waals surface area (Å²) < 4.78 is 7.06. The van der Waals surface area contributed by atoms with Gasteiger partial charge in [-0.05, 0) is 62.3 Å². The Labute approximate surface area is 204 Å². The number of hydrogen-bond acceptors (Lipinski definition) is 7. The predicted molar refractivity (Wildman–Crippen MR) is 130 cm³/mol. The van der Waals surface area contributed by atoms with Crippen molar-refractivity contribution < 1.29 is 14.3 Å². The van der Waals surface area contributed by atoms with E-state index in [0.717, 1.165) is 43.5 Å². The molecule has 10 nitrogen and oxygen atoms in total. The van der Waals surface area contributed by atoms with Crippen molar-refractivity contribution in [2.24, 2.45) is 5.92 Å². The number of nitrogens with zero attached hydrogens (tertiary/aromatic N) is 5. The molecule has 1 aliphatic carbocycles. The van der Waals surface area contributed by atoms with E-state index in [-0.39, 0.29) is 23.6 Å². The average Bonchev–Trinajstić information content (AvgIpc) is 3.32. The van der Waals surface area contributed by atoms with Gasteiger partial charge in [-0.2, -0.15) is 0 Å². The Hall–Kier alpha value is -3.82. The molecule has 4 rings (SSSR count). The van der Waals surface area contributed by atoms with Gasteiger partial charge in [-0.15, -0.1) is 5.10 Å². The Balaban J connectivity index is 1.38. The van der Waals surface area contributed by atoms with Crippen LogP contribution in [-0.4, -0.2) is 49.7 Å². The summed E-state index contributed by atoms with van der Waals surface area (Å²) in [6.07, 6.45) is 5.72. The third-order valence-electron chi connectivity index (χ3n) is 6.12. The summed E-state index contributed by atoms with van der Waals surface area (Å²) in [5.74, 6) is 1.89. The van der Waals surface area contributed by atoms with Crippen LogP contribution in [0.25, 0.3) is 11.5 Å². The van der Waals surface area contributed by atoms with Crippen LogP contribution in [0.2, 0.25) is 0 Å². The van der Waals surface area contributed by atoms with Crippen LogP contribution in [0, 0.1) is 12.8 Å². The number of benzene rings is 1. The lowest BCUT2D eigenvalue weighted by atomic mass is 9.86. The Bertz CT molecular complexity index is 1190. The zero-order valence-corrected chi connectivity index (χ0v) is 20.3. The van der Waals surface area contributed by atoms with Crippen molar-refractivity contribution in [3.63, 3.8) is 0 Å². The highest BCUT2D eigenvalue weighted by Crippen LogP contribution is 2.26. The van der Waals surface area contributed by atoms with Crippen LogP contribution in [0.5, 0.6) is 5.75 Å². The number of carbonyl (C=O) groups excluding carboxylic acids is 2. The number of hydrogen-bond donors (Lipinski definition) is 2. The van der Waals surface area contributed by atoms with Crippen LogP contribution >= 0.6 is 0 Å². The molecule has 0 atom stereocenters. The molecule has 1 aromatic carbocycles. The molecule has 0 radical (unpaired) electrons. The zero-order valence-electron chi connectivity index (χ0n) is 20.3. The zero-order chi connectivity index (χ0) is 24.8. The molecule has 1 aliphatic rings. The standard InChI is InChI=1S/C25H31N7O3/c1-16-28-22(12-23(29-16)25(34)26-13-19-5-4-6-21(11-19)35-3)24-27-15-32(31-24)14-18-7-9-20(10-8-18)30-17(2)33/h4-6,11-12,15,18,20H,7-10,13-14H2,1-3H3,(H,26,34)(H,30,33). The van der Waals surface area contributed by atoms with Gasteiger partial charge in [0, 0.05) is 26.1 Å². The SMILES string of the molecule is COc1cccc(CNC(=O)c2cc(-c3ncn(CC4CCC(NC(C)=O)CC4)n3)nc(C)n2)c1. The maximum Gasteiger partial charge on any atom is 0.270 e. The summed E-state index contributed by atoms with van der Waals surface area (Å²) in [6, 6.07) is 9.42. The second-order valence-electron chi connectivity index (χ2n) is 8.93. The summed E-state index contributed by atoms with van der Waals surface area (Å²) in [5, 5.41) is 10.5. The van der Waals surface area contributed by atoms with Crippen molar-refractivity contribution in [3.05, 3.63) is 53.7 Å². The van der Waals surface area contributed by atoms with Crippen LogP contribution in [-0.2, 0) is 17.9 Å². The highest BCUT2D eigenvalue weighted by atomic mass is 16.5. The molecule has 2 amide bonds. The van der Waals surface area contributed by atoms with E-state index >= 15 is 0 Å². The number of aromatic nitrogens is 5. The van der Waals surface area contributed by atoms with Gasteiger partial charge in [-0.25, -0.2) is 15.0 Å². The maximum atomic E-state index is 12.8. The average molecular weight is 478 g/mol. The topological polar surface area (TPSA) is 124 Å². The molecule has 0 saturated heterocycles. The normalized spacial score (nSPS) is 17.6. The second-order valence-corrected chi connectivity index (χ2v) is 8.93. The van der Waals surface area contributed by atoms with Crippen molar-refractivity contribution >= 4 is 11.8 Å². The molecule has 1 saturated carbocycles. The minimum atomic E-state index is -0.296. The van der Waals surface area contributed by atoms with Gasteiger partial charge in [-0.3, -0.25) is 14.3 Å². The molecule has 35 heavy (non-hydrogen) atoms. The summed E-state index contributed by atoms with van der Waals surface area (Å²) >= 11 is 0. The monoisotopic (exact) mass is 477 g/mol. The minimum absolute atomic E-state index is 0.0304. The van der Waals surface area contributed by atoms with Crippen molar-refractivity contribution in [2.45, 2.75) is 58.7 Å². The second kappa shape index (κ2) is 11.1. The number of aryl methyl sites for hydroxylation is 1. The van der Waals surface area contributed by atoms with Gasteiger partial charge in [0.05, 0.1) is 7.11 Å². The summed E-state index contributed by atoms with van der Waals surface area (Å²) in [5.41, 5.74) is 1.70. The Morgan fingerprint density at radius 3 is 2.69 bits per heavy atom. The minimum Gasteiger partial charge on any atom is -0.497 e. The van der Waals surface area contributed by atoms with Gasteiger partial charge in [-0.1, -0.05) is 12.1 Å². The summed E-state index contributed by atoms with van der Waals surface area (Å²) in [7, 11) is 1.61. The molecule has 0 spiro atoms. The van der Waals surface area contributed by atoms with Gasteiger partial charge in [0.2, 0.25) is 5.91 Å². The summed E-state index contributed by atoms with van der Waals surface area (Å²) in [6.45, 7) is 4.42. The van der Waals surface area contributed by atoms with Crippen molar-refractivity contribution in [2.75, 3.05) is 7.11 Å². The van der Waals surface area contributed by atoms with E-state index in [9.17, 15) is 9.59 Å². The maximum absolute atomic E-state index is 12.8. The summed E-state index contributed by atoms with van der Waals surface area (Å²) in [4.78, 5) is 37.2. The molecule has 10 heteroatoms. The first-order valence-corrected chi connectivity index (χ1v) is 11.8. The quantitative estimate of drug-likeness (QED) is 0.511. The van der Waals surface area contributed by atoms with Crippen LogP contribution in [0.3, 0.4) is 0 Å². The first-order valence-electron chi connectivity index (χ1n) is 11.8. The molecule has 184 valence electrons. The largest absolute Gasteiger partial charge is 0.497 e. The molecule has 0 bridgehead atoms. The fourth-order valence-electron chi connectivity index (χ4n) is 4.40. The number of amides is 2. The first-order chi connectivity index (χ1) is 16.9. The first kappa shape index (κ1) is 24.3. The molecule has 1 fully saturated rings. The lowest BCUT2D eigenvalue weighted by molar-refractivity contribution is -0.119. The smallest absolute Gasteiger partial charge is 0.270 e. The van der Waals surface area contributed by atoms with Crippen LogP contribution in [0.15, 0.2) is 36.7 Å². The predicted octanol–water partition coefficient (Wildman–Crippen LogP) is 2.68. The van der Waals surface area contributed by atoms with E-state index in [0.29, 0.717) is 29.8 Å². The molecular formula is C25H31N7O3. The molecule has 2 heterocycles. The molecule has 2 aromatic heterocycles. The molecule has 2 N–H and O–H groups in total. The van der Waals surface area contributed by atoms with Gasteiger partial charge in [0.25, 0.3) is 5.91 Å². The number of ether oxygens (including phenoxy) is 1. The Morgan fingerprint density at radius 1 is 1.14 bits per heavy atom. The van der Waals surface area contributed by atoms with E-state index in [2.05, 4.69) is 30.7 Å². The van der Waals surface area contributed by atoms with Gasteiger partial charge < -0.3 is 15.4 Å². The Morgan fingerprint density at radius 2 is 1.94 bits per heavy atom. The van der Waals surface area contributed by atoms with E-state index in [1.165, 1.54) is 0 Å². The number of carbonyl (C=O) groups is 2. The third-order valence-corrected chi connectivity index (χ3v) is 6.12. The van der Waals surface area contributed by atoms with Crippen molar-refractivity contribution in [1.82, 2.24) is 35.4 Å². The fourth-order valence-corrected chi connectivity index (χ4v) is 4.40. The van der Waals surface area contributed by atoms with Crippen LogP contribution in [0.4, 0.5) is 0 Å². The van der Waals surface area contributed by atoms with Crippen LogP contribution < -0.4 is 15.4 Å². The highest BCUT2D eigenvalue weighted by molar-refractivity contribution is 5.93. The highest BCUT2D eigenvalue weighted by Gasteiger charge is 2.22. The lowest BCUT2D eigenvalue weighted by Crippen LogP contribution is -2.36. The Kier molecular flexibility index (Phi) is 7.69. The number of nitrogens with one attached hydrogen (secondary N) is 2. The third kappa shape index (κ3) is 6.62. The van der Waals surface area contributed by atoms with E-state index in [4.69, 9.17) is 4.74 Å². The van der Waals surface area contributed by atoms with E-state index in [1.54, 1.807) is 33.4 Å². The lowest BCUT2D eigenvalue weighted by Gasteiger charge is -2.28. The molecule has 0 aliphatic heterocycles. The van der Waals surface area contributed by atoms with Gasteiger partial charge in [0.1, 0.15) is 29.3 Å². The van der Waals surface area contributed by atoms with Gasteiger partial charge in [0.15, 0.2) is 5.82 Å². The number of rotatable bonds is 8. The van der Waals surface area contributed by atoms with Crippen molar-refractivity contribution in [1.29, 1.82) is 0 Å². The van der Waals surface area contributed by atoms with Gasteiger partial charge >= 0.3 is 0 Å². The molecular weight excluding hydrogens is 446 g/mol. The van der Waals surface area contributed by atoms with Crippen molar-refractivity contribution in [3.8, 4) is 17.3 Å². The van der Waals surface area contributed by atoms with E-state index in [1.807, 2.05) is 28.9 Å². The van der Waals surface area contributed by atoms with E-state index < -0.39 is 0 Å². The molecule has 3 aromatic rings. The van der Waals surface area contributed by atoms with Crippen LogP contribution in [0.1, 0.15) is 54.5 Å².